The number of aromatic nitrogens is 1. The minimum absolute atomic E-state index is 0.0369. The number of Topliss-reactive ketones (excluding diaryl/α,β-unsaturated/α-hetero) is 1. The van der Waals surface area contributed by atoms with Crippen LogP contribution in [-0.2, 0) is 4.79 Å². The number of carbonyl (C=O) groups excluding carboxylic acids is 1. The first-order valence-corrected chi connectivity index (χ1v) is 5.83. The number of carboxylic acid groups (broad SMARTS) is 1. The maximum absolute atomic E-state index is 11.9. The van der Waals surface area contributed by atoms with E-state index in [0.29, 0.717) is 5.56 Å². The summed E-state index contributed by atoms with van der Waals surface area (Å²) in [6.45, 7) is 4.02. The van der Waals surface area contributed by atoms with Gasteiger partial charge < -0.3 is 10.1 Å². The fraction of sp³-hybridized carbons (Fsp3) is 0.286. The molecule has 1 aromatic carbocycles. The van der Waals surface area contributed by atoms with Crippen molar-refractivity contribution in [2.24, 2.45) is 0 Å². The predicted molar refractivity (Wildman–Crippen MR) is 69.0 cm³/mol. The number of benzene rings is 1. The van der Waals surface area contributed by atoms with E-state index in [0.717, 1.165) is 22.0 Å². The first-order chi connectivity index (χ1) is 8.50. The van der Waals surface area contributed by atoms with Crippen LogP contribution >= 0.6 is 0 Å². The van der Waals surface area contributed by atoms with Crippen LogP contribution in [0.3, 0.4) is 0 Å². The summed E-state index contributed by atoms with van der Waals surface area (Å²) in [5, 5.41) is 9.46. The minimum atomic E-state index is -0.949. The van der Waals surface area contributed by atoms with Gasteiger partial charge in [-0.1, -0.05) is 12.1 Å². The Hall–Kier alpha value is -2.10. The molecule has 1 aromatic heterocycles. The number of carboxylic acids is 1. The van der Waals surface area contributed by atoms with Crippen molar-refractivity contribution < 1.29 is 14.7 Å². The zero-order valence-corrected chi connectivity index (χ0v) is 10.4. The molecule has 4 nitrogen and oxygen atoms in total. The van der Waals surface area contributed by atoms with Gasteiger partial charge in [-0.25, -0.2) is 0 Å². The second kappa shape index (κ2) is 4.64. The molecule has 0 fully saturated rings. The van der Waals surface area contributed by atoms with Crippen molar-refractivity contribution in [3.8, 4) is 0 Å². The lowest BCUT2D eigenvalue weighted by Crippen LogP contribution is -2.03. The van der Waals surface area contributed by atoms with Gasteiger partial charge in [0, 0.05) is 29.1 Å². The first-order valence-electron chi connectivity index (χ1n) is 5.83. The number of ketones is 1. The summed E-state index contributed by atoms with van der Waals surface area (Å²) in [4.78, 5) is 25.5. The van der Waals surface area contributed by atoms with Gasteiger partial charge in [0.15, 0.2) is 5.78 Å². The van der Waals surface area contributed by atoms with Crippen LogP contribution in [0.4, 0.5) is 0 Å². The first kappa shape index (κ1) is 12.4. The molecule has 0 bridgehead atoms. The largest absolute Gasteiger partial charge is 0.481 e. The van der Waals surface area contributed by atoms with Gasteiger partial charge in [0.2, 0.25) is 0 Å². The Bertz CT molecular complexity index is 625. The van der Waals surface area contributed by atoms with Crippen LogP contribution in [0.25, 0.3) is 10.9 Å². The number of fused-ring (bicyclic) bond motifs is 1. The zero-order valence-electron chi connectivity index (χ0n) is 10.4. The third-order valence-electron chi connectivity index (χ3n) is 3.25. The van der Waals surface area contributed by atoms with E-state index >= 15 is 0 Å². The van der Waals surface area contributed by atoms with E-state index in [9.17, 15) is 9.59 Å². The summed E-state index contributed by atoms with van der Waals surface area (Å²) < 4.78 is 0. The van der Waals surface area contributed by atoms with Crippen molar-refractivity contribution in [1.82, 2.24) is 4.98 Å². The number of aryl methyl sites for hydroxylation is 2. The molecule has 94 valence electrons. The number of carbonyl (C=O) groups is 2. The SMILES string of the molecule is Cc1ccc2c(C(=O)CCC(=O)O)c[nH]c2c1C. The highest BCUT2D eigenvalue weighted by Gasteiger charge is 2.14. The Morgan fingerprint density at radius 1 is 1.22 bits per heavy atom. The number of aromatic amines is 1. The number of aliphatic carboxylic acids is 1. The molecule has 0 aliphatic heterocycles. The molecule has 0 unspecified atom stereocenters. The Kier molecular flexibility index (Phi) is 3.19. The van der Waals surface area contributed by atoms with Gasteiger partial charge in [0.05, 0.1) is 6.42 Å². The lowest BCUT2D eigenvalue weighted by atomic mass is 10.0. The van der Waals surface area contributed by atoms with Gasteiger partial charge in [-0.05, 0) is 25.0 Å². The molecule has 2 rings (SSSR count). The van der Waals surface area contributed by atoms with Gasteiger partial charge in [-0.3, -0.25) is 9.59 Å². The average Bonchev–Trinajstić information content (AvgIpc) is 2.75. The summed E-state index contributed by atoms with van der Waals surface area (Å²) in [6.07, 6.45) is 1.58. The third-order valence-corrected chi connectivity index (χ3v) is 3.25. The second-order valence-corrected chi connectivity index (χ2v) is 4.45. The number of H-pyrrole nitrogens is 1. The third kappa shape index (κ3) is 2.14. The molecule has 0 atom stereocenters. The van der Waals surface area contributed by atoms with Crippen molar-refractivity contribution in [1.29, 1.82) is 0 Å². The van der Waals surface area contributed by atoms with E-state index in [2.05, 4.69) is 4.98 Å². The van der Waals surface area contributed by atoms with Gasteiger partial charge in [0.25, 0.3) is 0 Å². The fourth-order valence-electron chi connectivity index (χ4n) is 2.03. The highest BCUT2D eigenvalue weighted by molar-refractivity contribution is 6.09. The average molecular weight is 245 g/mol. The summed E-state index contributed by atoms with van der Waals surface area (Å²) in [7, 11) is 0. The molecule has 18 heavy (non-hydrogen) atoms. The molecule has 0 aliphatic carbocycles. The van der Waals surface area contributed by atoms with Crippen molar-refractivity contribution in [3.05, 3.63) is 35.0 Å². The fourth-order valence-corrected chi connectivity index (χ4v) is 2.03. The van der Waals surface area contributed by atoms with Crippen molar-refractivity contribution in [3.63, 3.8) is 0 Å². The van der Waals surface area contributed by atoms with Crippen LogP contribution in [-0.4, -0.2) is 21.8 Å². The molecular weight excluding hydrogens is 230 g/mol. The lowest BCUT2D eigenvalue weighted by molar-refractivity contribution is -0.136. The minimum Gasteiger partial charge on any atom is -0.481 e. The molecule has 1 heterocycles. The highest BCUT2D eigenvalue weighted by atomic mass is 16.4. The molecular formula is C14H15NO3. The summed E-state index contributed by atoms with van der Waals surface area (Å²) in [5.74, 6) is -1.08. The number of hydrogen-bond acceptors (Lipinski definition) is 2. The van der Waals surface area contributed by atoms with Crippen LogP contribution in [0.15, 0.2) is 18.3 Å². The lowest BCUT2D eigenvalue weighted by Gasteiger charge is -2.02. The number of nitrogens with one attached hydrogen (secondary N) is 1. The van der Waals surface area contributed by atoms with Crippen LogP contribution in [0.1, 0.15) is 34.3 Å². The van der Waals surface area contributed by atoms with Crippen LogP contribution < -0.4 is 0 Å². The highest BCUT2D eigenvalue weighted by Crippen LogP contribution is 2.24. The van der Waals surface area contributed by atoms with Crippen molar-refractivity contribution >= 4 is 22.7 Å². The van der Waals surface area contributed by atoms with Gasteiger partial charge in [-0.2, -0.15) is 0 Å². The van der Waals surface area contributed by atoms with Crippen molar-refractivity contribution in [2.45, 2.75) is 26.7 Å². The number of rotatable bonds is 4. The maximum atomic E-state index is 11.9. The summed E-state index contributed by atoms with van der Waals surface area (Å²) in [5.41, 5.74) is 3.81. The Labute approximate surface area is 105 Å². The smallest absolute Gasteiger partial charge is 0.303 e. The van der Waals surface area contributed by atoms with Crippen LogP contribution in [0, 0.1) is 13.8 Å². The molecule has 2 N–H and O–H groups in total. The van der Waals surface area contributed by atoms with E-state index < -0.39 is 5.97 Å². The standard InChI is InChI=1S/C14H15NO3/c1-8-3-4-10-11(7-15-14(10)9(8)2)12(16)5-6-13(17)18/h3-4,7,15H,5-6H2,1-2H3,(H,17,18). The second-order valence-electron chi connectivity index (χ2n) is 4.45. The predicted octanol–water partition coefficient (Wildman–Crippen LogP) is 2.83. The molecule has 4 heteroatoms. The van der Waals surface area contributed by atoms with Gasteiger partial charge >= 0.3 is 5.97 Å². The van der Waals surface area contributed by atoms with Gasteiger partial charge in [0.1, 0.15) is 0 Å². The quantitative estimate of drug-likeness (QED) is 0.814. The number of hydrogen-bond donors (Lipinski definition) is 2. The molecule has 0 aliphatic rings. The van der Waals surface area contributed by atoms with E-state index in [1.54, 1.807) is 6.20 Å². The van der Waals surface area contributed by atoms with Crippen molar-refractivity contribution in [2.75, 3.05) is 0 Å². The Morgan fingerprint density at radius 2 is 1.94 bits per heavy atom. The van der Waals surface area contributed by atoms with E-state index in [1.807, 2.05) is 26.0 Å². The van der Waals surface area contributed by atoms with Crippen LogP contribution in [0.2, 0.25) is 0 Å². The molecule has 0 saturated carbocycles. The molecule has 0 spiro atoms. The van der Waals surface area contributed by atoms with E-state index in [1.165, 1.54) is 0 Å². The molecule has 0 saturated heterocycles. The topological polar surface area (TPSA) is 70.2 Å². The Balaban J connectivity index is 2.38. The van der Waals surface area contributed by atoms with E-state index in [-0.39, 0.29) is 18.6 Å². The molecule has 2 aromatic rings. The van der Waals surface area contributed by atoms with Crippen LogP contribution in [0.5, 0.6) is 0 Å². The summed E-state index contributed by atoms with van der Waals surface area (Å²) >= 11 is 0. The zero-order chi connectivity index (χ0) is 13.3. The van der Waals surface area contributed by atoms with E-state index in [4.69, 9.17) is 5.11 Å². The van der Waals surface area contributed by atoms with Gasteiger partial charge in [-0.15, -0.1) is 0 Å². The monoisotopic (exact) mass is 245 g/mol. The molecule has 0 radical (unpaired) electrons. The maximum Gasteiger partial charge on any atom is 0.303 e. The summed E-state index contributed by atoms with van der Waals surface area (Å²) in [6, 6.07) is 3.88. The normalized spacial score (nSPS) is 10.8. The Morgan fingerprint density at radius 3 is 2.61 bits per heavy atom. The molecule has 0 amide bonds.